The average Bonchev–Trinajstić information content (AvgIpc) is 3.06. The predicted molar refractivity (Wildman–Crippen MR) is 82.2 cm³/mol. The van der Waals surface area contributed by atoms with Crippen LogP contribution in [0.5, 0.6) is 0 Å². The highest BCUT2D eigenvalue weighted by molar-refractivity contribution is 7.71. The Hall–Kier alpha value is -1.92. The summed E-state index contributed by atoms with van der Waals surface area (Å²) in [6.45, 7) is 2.66. The lowest BCUT2D eigenvalue weighted by Crippen LogP contribution is -2.39. The number of hydrogen-bond acceptors (Lipinski definition) is 3. The second-order valence-corrected chi connectivity index (χ2v) is 5.48. The Kier molecular flexibility index (Phi) is 3.90. The van der Waals surface area contributed by atoms with Crippen LogP contribution in [0.3, 0.4) is 0 Å². The molecule has 5 nitrogen and oxygen atoms in total. The van der Waals surface area contributed by atoms with Gasteiger partial charge in [-0.3, -0.25) is 9.36 Å². The largest absolute Gasteiger partial charge is 0.376 e. The number of H-pyrrole nitrogens is 1. The summed E-state index contributed by atoms with van der Waals surface area (Å²) in [7, 11) is 0. The van der Waals surface area contributed by atoms with E-state index < -0.39 is 0 Å². The monoisotopic (exact) mass is 303 g/mol. The van der Waals surface area contributed by atoms with Crippen molar-refractivity contribution in [2.24, 2.45) is 0 Å². The lowest BCUT2D eigenvalue weighted by atomic mass is 10.1. The number of benzene rings is 1. The van der Waals surface area contributed by atoms with Crippen molar-refractivity contribution in [1.82, 2.24) is 14.9 Å². The van der Waals surface area contributed by atoms with Crippen molar-refractivity contribution in [3.05, 3.63) is 47.0 Å². The molecule has 0 radical (unpaired) electrons. The third kappa shape index (κ3) is 2.77. The van der Waals surface area contributed by atoms with Gasteiger partial charge in [-0.15, -0.1) is 0 Å². The number of aromatic nitrogens is 2. The van der Waals surface area contributed by atoms with Gasteiger partial charge in [-0.05, 0) is 37.7 Å². The summed E-state index contributed by atoms with van der Waals surface area (Å²) in [4.78, 5) is 15.4. The molecule has 6 heteroatoms. The molecule has 2 atom stereocenters. The predicted octanol–water partition coefficient (Wildman–Crippen LogP) is 2.44. The molecule has 1 aromatic heterocycles. The third-order valence-electron chi connectivity index (χ3n) is 3.72. The zero-order valence-corrected chi connectivity index (χ0v) is 12.5. The van der Waals surface area contributed by atoms with Gasteiger partial charge in [0.1, 0.15) is 5.69 Å². The molecule has 1 aliphatic heterocycles. The van der Waals surface area contributed by atoms with Gasteiger partial charge in [-0.2, -0.15) is 0 Å². The molecule has 21 heavy (non-hydrogen) atoms. The first-order chi connectivity index (χ1) is 10.2. The minimum Gasteiger partial charge on any atom is -0.376 e. The first kappa shape index (κ1) is 14.0. The first-order valence-electron chi connectivity index (χ1n) is 6.95. The van der Waals surface area contributed by atoms with E-state index in [4.69, 9.17) is 17.0 Å². The zero-order valence-electron chi connectivity index (χ0n) is 11.7. The van der Waals surface area contributed by atoms with Gasteiger partial charge >= 0.3 is 0 Å². The molecule has 0 spiro atoms. The van der Waals surface area contributed by atoms with E-state index in [0.717, 1.165) is 12.1 Å². The van der Waals surface area contributed by atoms with Crippen molar-refractivity contribution in [1.29, 1.82) is 0 Å². The van der Waals surface area contributed by atoms with E-state index in [2.05, 4.69) is 10.3 Å². The highest BCUT2D eigenvalue weighted by Gasteiger charge is 2.27. The molecule has 2 heterocycles. The Bertz CT molecular complexity index is 692. The number of nitrogens with zero attached hydrogens (tertiary/aromatic N) is 1. The number of amides is 1. The lowest BCUT2D eigenvalue weighted by molar-refractivity contribution is 0.0860. The van der Waals surface area contributed by atoms with Gasteiger partial charge in [-0.25, -0.2) is 0 Å². The standard InChI is InChI=1S/C15H17N3O2S/c1-10-12(7-8-20-10)17-14(19)13-9-16-15(21)18(13)11-5-3-2-4-6-11/h2-6,9-10,12H,7-8H2,1H3,(H,16,21)(H,17,19)/t10-,12-/m1/s1. The molecule has 3 rings (SSSR count). The van der Waals surface area contributed by atoms with Gasteiger partial charge in [0.15, 0.2) is 4.77 Å². The van der Waals surface area contributed by atoms with Crippen molar-refractivity contribution in [2.45, 2.75) is 25.5 Å². The maximum absolute atomic E-state index is 12.5. The van der Waals surface area contributed by atoms with Gasteiger partial charge in [0.2, 0.25) is 0 Å². The van der Waals surface area contributed by atoms with E-state index in [-0.39, 0.29) is 18.1 Å². The zero-order chi connectivity index (χ0) is 14.8. The van der Waals surface area contributed by atoms with Crippen LogP contribution in [0.15, 0.2) is 36.5 Å². The fraction of sp³-hybridized carbons (Fsp3) is 0.333. The van der Waals surface area contributed by atoms with Crippen molar-refractivity contribution in [3.8, 4) is 5.69 Å². The van der Waals surface area contributed by atoms with Crippen molar-refractivity contribution >= 4 is 18.1 Å². The van der Waals surface area contributed by atoms with Crippen LogP contribution in [-0.2, 0) is 4.74 Å². The number of carbonyl (C=O) groups is 1. The van der Waals surface area contributed by atoms with E-state index in [9.17, 15) is 4.79 Å². The molecule has 0 bridgehead atoms. The minimum absolute atomic E-state index is 0.0426. The van der Waals surface area contributed by atoms with Crippen LogP contribution in [-0.4, -0.2) is 34.2 Å². The molecule has 2 N–H and O–H groups in total. The molecule has 0 aliphatic carbocycles. The number of para-hydroxylation sites is 1. The van der Waals surface area contributed by atoms with E-state index >= 15 is 0 Å². The van der Waals surface area contributed by atoms with E-state index in [0.29, 0.717) is 17.1 Å². The average molecular weight is 303 g/mol. The minimum atomic E-state index is -0.145. The number of carbonyl (C=O) groups excluding carboxylic acids is 1. The fourth-order valence-electron chi connectivity index (χ4n) is 2.53. The van der Waals surface area contributed by atoms with Gasteiger partial charge in [0, 0.05) is 18.5 Å². The quantitative estimate of drug-likeness (QED) is 0.856. The Morgan fingerprint density at radius 3 is 2.86 bits per heavy atom. The number of nitrogens with one attached hydrogen (secondary N) is 2. The summed E-state index contributed by atoms with van der Waals surface area (Å²) in [6.07, 6.45) is 2.52. The molecule has 1 aliphatic rings. The molecule has 0 saturated carbocycles. The highest BCUT2D eigenvalue weighted by Crippen LogP contribution is 2.16. The van der Waals surface area contributed by atoms with Crippen LogP contribution in [0.1, 0.15) is 23.8 Å². The fourth-order valence-corrected chi connectivity index (χ4v) is 2.80. The second-order valence-electron chi connectivity index (χ2n) is 5.09. The van der Waals surface area contributed by atoms with Crippen LogP contribution < -0.4 is 5.32 Å². The van der Waals surface area contributed by atoms with E-state index in [1.54, 1.807) is 10.8 Å². The molecular weight excluding hydrogens is 286 g/mol. The number of rotatable bonds is 3. The number of imidazole rings is 1. The van der Waals surface area contributed by atoms with Crippen LogP contribution in [0, 0.1) is 4.77 Å². The Morgan fingerprint density at radius 2 is 2.19 bits per heavy atom. The summed E-state index contributed by atoms with van der Waals surface area (Å²) in [5.41, 5.74) is 1.37. The Balaban J connectivity index is 1.89. The number of ether oxygens (including phenoxy) is 1. The van der Waals surface area contributed by atoms with Crippen LogP contribution in [0.4, 0.5) is 0 Å². The maximum Gasteiger partial charge on any atom is 0.270 e. The first-order valence-corrected chi connectivity index (χ1v) is 7.36. The van der Waals surface area contributed by atoms with E-state index in [1.807, 2.05) is 37.3 Å². The molecule has 110 valence electrons. The number of aromatic amines is 1. The van der Waals surface area contributed by atoms with Crippen molar-refractivity contribution in [3.63, 3.8) is 0 Å². The summed E-state index contributed by atoms with van der Waals surface area (Å²) in [6, 6.07) is 9.64. The molecular formula is C15H17N3O2S. The summed E-state index contributed by atoms with van der Waals surface area (Å²) >= 11 is 5.28. The molecule has 1 aromatic carbocycles. The SMILES string of the molecule is C[C@H]1OCC[C@H]1NC(=O)c1c[nH]c(=S)n1-c1ccccc1. The van der Waals surface area contributed by atoms with Gasteiger partial charge in [0.25, 0.3) is 5.91 Å². The molecule has 2 aromatic rings. The van der Waals surface area contributed by atoms with Crippen molar-refractivity contribution < 1.29 is 9.53 Å². The summed E-state index contributed by atoms with van der Waals surface area (Å²) in [5.74, 6) is -0.145. The normalized spacial score (nSPS) is 21.4. The second kappa shape index (κ2) is 5.83. The Labute approximate surface area is 127 Å². The van der Waals surface area contributed by atoms with Gasteiger partial charge in [0.05, 0.1) is 12.1 Å². The summed E-state index contributed by atoms with van der Waals surface area (Å²) in [5, 5.41) is 3.02. The number of hydrogen-bond donors (Lipinski definition) is 2. The Morgan fingerprint density at radius 1 is 1.43 bits per heavy atom. The lowest BCUT2D eigenvalue weighted by Gasteiger charge is -2.16. The highest BCUT2D eigenvalue weighted by atomic mass is 32.1. The molecule has 1 amide bonds. The molecule has 0 unspecified atom stereocenters. The maximum atomic E-state index is 12.5. The molecule has 1 saturated heterocycles. The van der Waals surface area contributed by atoms with Gasteiger partial charge < -0.3 is 15.0 Å². The summed E-state index contributed by atoms with van der Waals surface area (Å²) < 4.78 is 7.72. The van der Waals surface area contributed by atoms with Crippen LogP contribution in [0.2, 0.25) is 0 Å². The molecule has 1 fully saturated rings. The topological polar surface area (TPSA) is 59.0 Å². The van der Waals surface area contributed by atoms with Crippen LogP contribution >= 0.6 is 12.2 Å². The van der Waals surface area contributed by atoms with Crippen LogP contribution in [0.25, 0.3) is 5.69 Å². The smallest absolute Gasteiger partial charge is 0.270 e. The van der Waals surface area contributed by atoms with Crippen molar-refractivity contribution in [2.75, 3.05) is 6.61 Å². The van der Waals surface area contributed by atoms with Gasteiger partial charge in [-0.1, -0.05) is 18.2 Å². The van der Waals surface area contributed by atoms with E-state index in [1.165, 1.54) is 0 Å². The third-order valence-corrected chi connectivity index (χ3v) is 4.02.